The summed E-state index contributed by atoms with van der Waals surface area (Å²) in [5.41, 5.74) is 2.19. The minimum absolute atomic E-state index is 0.251. The van der Waals surface area contributed by atoms with E-state index >= 15 is 0 Å². The molecule has 4 rings (SSSR count). The number of rotatable bonds is 5. The SMILES string of the molecule is CC(=O)Nc1cc(-c2c(-c3ccc(F)cc3)[n+]([O-])cn2CC2COC(C)(C)O2)ccn1. The maximum absolute atomic E-state index is 13.5. The number of hydrogen-bond donors (Lipinski definition) is 1. The minimum Gasteiger partial charge on any atom is -0.710 e. The van der Waals surface area contributed by atoms with Gasteiger partial charge in [0.15, 0.2) is 17.2 Å². The van der Waals surface area contributed by atoms with Gasteiger partial charge in [-0.1, -0.05) is 0 Å². The highest BCUT2D eigenvalue weighted by molar-refractivity contribution is 5.88. The Kier molecular flexibility index (Phi) is 5.47. The first-order valence-corrected chi connectivity index (χ1v) is 9.86. The predicted molar refractivity (Wildman–Crippen MR) is 111 cm³/mol. The van der Waals surface area contributed by atoms with Gasteiger partial charge in [-0.25, -0.2) is 18.7 Å². The number of carbonyl (C=O) groups is 1. The standard InChI is InChI=1S/C22H23FN4O4/c1-14(28)25-19-10-16(8-9-24-19)20-21(15-4-6-17(23)7-5-15)27(29)13-26(20)11-18-12-30-22(2,3)31-18/h4-10,13,18H,11-12H2,1-3H3,(H,24,25,28). The zero-order chi connectivity index (χ0) is 22.2. The van der Waals surface area contributed by atoms with Gasteiger partial charge < -0.3 is 20.0 Å². The van der Waals surface area contributed by atoms with Crippen molar-refractivity contribution >= 4 is 11.7 Å². The molecule has 3 aromatic rings. The fourth-order valence-electron chi connectivity index (χ4n) is 3.69. The van der Waals surface area contributed by atoms with Gasteiger partial charge in [-0.05, 0) is 50.2 Å². The Morgan fingerprint density at radius 3 is 2.71 bits per heavy atom. The lowest BCUT2D eigenvalue weighted by Gasteiger charge is -2.16. The lowest BCUT2D eigenvalue weighted by atomic mass is 10.0. The van der Waals surface area contributed by atoms with Crippen molar-refractivity contribution in [2.24, 2.45) is 0 Å². The summed E-state index contributed by atoms with van der Waals surface area (Å²) in [6.45, 7) is 5.84. The summed E-state index contributed by atoms with van der Waals surface area (Å²) in [5, 5.41) is 15.6. The third-order valence-electron chi connectivity index (χ3n) is 4.90. The van der Waals surface area contributed by atoms with Crippen LogP contribution < -0.4 is 10.0 Å². The Morgan fingerprint density at radius 1 is 1.32 bits per heavy atom. The lowest BCUT2D eigenvalue weighted by molar-refractivity contribution is -0.593. The van der Waals surface area contributed by atoms with Crippen LogP contribution in [0.1, 0.15) is 20.8 Å². The van der Waals surface area contributed by atoms with Gasteiger partial charge in [0.2, 0.25) is 12.2 Å². The molecule has 0 spiro atoms. The van der Waals surface area contributed by atoms with E-state index in [0.717, 1.165) is 4.73 Å². The van der Waals surface area contributed by atoms with E-state index in [1.807, 2.05) is 13.8 Å². The molecule has 1 fully saturated rings. The normalized spacial score (nSPS) is 17.6. The summed E-state index contributed by atoms with van der Waals surface area (Å²) in [4.78, 5) is 15.6. The first-order valence-electron chi connectivity index (χ1n) is 9.86. The third kappa shape index (κ3) is 4.57. The molecule has 1 aromatic carbocycles. The molecule has 31 heavy (non-hydrogen) atoms. The maximum Gasteiger partial charge on any atom is 0.247 e. The van der Waals surface area contributed by atoms with Gasteiger partial charge in [-0.3, -0.25) is 4.79 Å². The molecule has 1 saturated heterocycles. The highest BCUT2D eigenvalue weighted by Gasteiger charge is 2.35. The molecule has 1 unspecified atom stereocenters. The Bertz CT molecular complexity index is 1110. The van der Waals surface area contributed by atoms with Crippen LogP contribution in [-0.2, 0) is 20.8 Å². The zero-order valence-corrected chi connectivity index (χ0v) is 17.5. The molecule has 1 aliphatic heterocycles. The summed E-state index contributed by atoms with van der Waals surface area (Å²) in [5.74, 6) is -0.975. The second-order valence-electron chi connectivity index (χ2n) is 7.86. The minimum atomic E-state index is -0.694. The molecule has 0 saturated carbocycles. The van der Waals surface area contributed by atoms with E-state index in [4.69, 9.17) is 9.47 Å². The Hall–Kier alpha value is -3.30. The molecule has 1 atom stereocenters. The molecule has 0 radical (unpaired) electrons. The number of pyridine rings is 1. The number of imidazole rings is 1. The van der Waals surface area contributed by atoms with Crippen LogP contribution in [0.5, 0.6) is 0 Å². The molecule has 1 amide bonds. The number of nitrogens with one attached hydrogen (secondary N) is 1. The molecular formula is C22H23FN4O4. The van der Waals surface area contributed by atoms with Gasteiger partial charge in [0.05, 0.1) is 6.61 Å². The molecule has 0 bridgehead atoms. The molecule has 0 aliphatic carbocycles. The van der Waals surface area contributed by atoms with Crippen LogP contribution in [-0.4, -0.2) is 34.0 Å². The van der Waals surface area contributed by atoms with Crippen molar-refractivity contribution in [2.75, 3.05) is 11.9 Å². The van der Waals surface area contributed by atoms with E-state index < -0.39 is 11.6 Å². The summed E-state index contributed by atoms with van der Waals surface area (Å²) in [7, 11) is 0. The lowest BCUT2D eigenvalue weighted by Crippen LogP contribution is -2.27. The number of hydrogen-bond acceptors (Lipinski definition) is 5. The summed E-state index contributed by atoms with van der Waals surface area (Å²) in [6.07, 6.45) is 2.74. The average Bonchev–Trinajstić information content (AvgIpc) is 3.20. The topological polar surface area (TPSA) is 92.3 Å². The number of nitrogens with zero attached hydrogens (tertiary/aromatic N) is 3. The van der Waals surface area contributed by atoms with Gasteiger partial charge in [-0.15, -0.1) is 0 Å². The van der Waals surface area contributed by atoms with Gasteiger partial charge in [0.25, 0.3) is 0 Å². The third-order valence-corrected chi connectivity index (χ3v) is 4.90. The number of carbonyl (C=O) groups excluding carboxylic acids is 1. The van der Waals surface area contributed by atoms with Crippen molar-refractivity contribution in [3.8, 4) is 22.5 Å². The maximum atomic E-state index is 13.5. The van der Waals surface area contributed by atoms with Crippen molar-refractivity contribution in [1.29, 1.82) is 0 Å². The number of halogens is 1. The van der Waals surface area contributed by atoms with E-state index in [9.17, 15) is 14.4 Å². The first kappa shape index (κ1) is 21.0. The molecular weight excluding hydrogens is 403 g/mol. The largest absolute Gasteiger partial charge is 0.710 e. The summed E-state index contributed by atoms with van der Waals surface area (Å²) in [6, 6.07) is 9.17. The Balaban J connectivity index is 1.82. The van der Waals surface area contributed by atoms with Gasteiger partial charge in [0.1, 0.15) is 24.3 Å². The van der Waals surface area contributed by atoms with Crippen LogP contribution >= 0.6 is 0 Å². The van der Waals surface area contributed by atoms with E-state index in [-0.39, 0.29) is 12.0 Å². The van der Waals surface area contributed by atoms with E-state index in [1.54, 1.807) is 35.0 Å². The van der Waals surface area contributed by atoms with E-state index in [2.05, 4.69) is 10.3 Å². The van der Waals surface area contributed by atoms with Crippen molar-refractivity contribution in [3.05, 3.63) is 59.9 Å². The Morgan fingerprint density at radius 2 is 2.06 bits per heavy atom. The summed E-state index contributed by atoms with van der Waals surface area (Å²) >= 11 is 0. The predicted octanol–water partition coefficient (Wildman–Crippen LogP) is 3.10. The number of amides is 1. The number of benzene rings is 1. The fraction of sp³-hybridized carbons (Fsp3) is 0.318. The zero-order valence-electron chi connectivity index (χ0n) is 17.5. The van der Waals surface area contributed by atoms with E-state index in [1.165, 1.54) is 25.4 Å². The van der Waals surface area contributed by atoms with E-state index in [0.29, 0.717) is 41.5 Å². The molecule has 2 aromatic heterocycles. The number of aromatic nitrogens is 3. The Labute approximate surface area is 178 Å². The van der Waals surface area contributed by atoms with Crippen LogP contribution in [0.3, 0.4) is 0 Å². The quantitative estimate of drug-likeness (QED) is 0.500. The van der Waals surface area contributed by atoms with Crippen LogP contribution in [0.15, 0.2) is 48.9 Å². The van der Waals surface area contributed by atoms with Crippen molar-refractivity contribution in [2.45, 2.75) is 39.2 Å². The monoisotopic (exact) mass is 426 g/mol. The molecule has 3 heterocycles. The molecule has 162 valence electrons. The van der Waals surface area contributed by atoms with Crippen LogP contribution in [0.2, 0.25) is 0 Å². The van der Waals surface area contributed by atoms with Crippen LogP contribution in [0.4, 0.5) is 10.2 Å². The molecule has 1 aliphatic rings. The second kappa shape index (κ2) is 8.09. The van der Waals surface area contributed by atoms with Crippen LogP contribution in [0, 0.1) is 11.0 Å². The van der Waals surface area contributed by atoms with Crippen molar-refractivity contribution < 1.29 is 23.4 Å². The smallest absolute Gasteiger partial charge is 0.247 e. The number of ether oxygens (including phenoxy) is 2. The van der Waals surface area contributed by atoms with Gasteiger partial charge in [0, 0.05) is 24.2 Å². The van der Waals surface area contributed by atoms with Crippen molar-refractivity contribution in [3.63, 3.8) is 0 Å². The average molecular weight is 426 g/mol. The highest BCUT2D eigenvalue weighted by atomic mass is 19.1. The van der Waals surface area contributed by atoms with Crippen LogP contribution in [0.25, 0.3) is 22.5 Å². The number of anilines is 1. The summed E-state index contributed by atoms with van der Waals surface area (Å²) < 4.78 is 27.6. The molecule has 1 N–H and O–H groups in total. The van der Waals surface area contributed by atoms with Gasteiger partial charge >= 0.3 is 0 Å². The first-order chi connectivity index (χ1) is 14.7. The highest BCUT2D eigenvalue weighted by Crippen LogP contribution is 2.32. The second-order valence-corrected chi connectivity index (χ2v) is 7.86. The molecule has 8 nitrogen and oxygen atoms in total. The molecule has 9 heteroatoms. The van der Waals surface area contributed by atoms with Gasteiger partial charge in [-0.2, -0.15) is 0 Å². The van der Waals surface area contributed by atoms with Crippen molar-refractivity contribution in [1.82, 2.24) is 9.55 Å². The fourth-order valence-corrected chi connectivity index (χ4v) is 3.69.